The van der Waals surface area contributed by atoms with E-state index < -0.39 is 0 Å². The van der Waals surface area contributed by atoms with Gasteiger partial charge in [-0.1, -0.05) is 30.3 Å². The van der Waals surface area contributed by atoms with Gasteiger partial charge in [0.2, 0.25) is 0 Å². The number of nitrogens with one attached hydrogen (secondary N) is 1. The third kappa shape index (κ3) is 3.22. The fourth-order valence-corrected chi connectivity index (χ4v) is 4.33. The van der Waals surface area contributed by atoms with E-state index in [9.17, 15) is 14.4 Å². The summed E-state index contributed by atoms with van der Waals surface area (Å²) in [7, 11) is 0. The first-order chi connectivity index (χ1) is 13.1. The van der Waals surface area contributed by atoms with Crippen LogP contribution in [-0.2, 0) is 6.42 Å². The number of aromatic nitrogens is 1. The van der Waals surface area contributed by atoms with Gasteiger partial charge in [-0.2, -0.15) is 0 Å². The van der Waals surface area contributed by atoms with E-state index in [1.807, 2.05) is 42.2 Å². The lowest BCUT2D eigenvalue weighted by Gasteiger charge is -2.31. The first-order valence-corrected chi connectivity index (χ1v) is 9.69. The lowest BCUT2D eigenvalue weighted by Crippen LogP contribution is -2.40. The molecule has 1 aromatic carbocycles. The second-order valence-electron chi connectivity index (χ2n) is 7.55. The fourth-order valence-electron chi connectivity index (χ4n) is 4.33. The molecule has 0 atom stereocenters. The summed E-state index contributed by atoms with van der Waals surface area (Å²) in [4.78, 5) is 42.8. The normalized spacial score (nSPS) is 17.7. The monoisotopic (exact) mass is 364 g/mol. The number of piperidine rings is 1. The number of fused-ring (bicyclic) bond motifs is 1. The van der Waals surface area contributed by atoms with E-state index >= 15 is 0 Å². The maximum Gasteiger partial charge on any atom is 0.270 e. The van der Waals surface area contributed by atoms with Crippen molar-refractivity contribution < 1.29 is 14.4 Å². The molecule has 0 saturated carbocycles. The number of carbonyl (C=O) groups excluding carboxylic acids is 3. The quantitative estimate of drug-likeness (QED) is 0.847. The summed E-state index contributed by atoms with van der Waals surface area (Å²) < 4.78 is 0. The predicted octanol–water partition coefficient (Wildman–Crippen LogP) is 3.58. The number of amides is 1. The number of hydrogen-bond acceptors (Lipinski definition) is 3. The van der Waals surface area contributed by atoms with Gasteiger partial charge in [0.05, 0.1) is 0 Å². The fraction of sp³-hybridized carbons (Fsp3) is 0.409. The Morgan fingerprint density at radius 2 is 1.78 bits per heavy atom. The maximum atomic E-state index is 13.0. The van der Waals surface area contributed by atoms with E-state index in [0.717, 1.165) is 35.2 Å². The number of likely N-dealkylation sites (tertiary alicyclic amines) is 1. The molecule has 1 N–H and O–H groups in total. The number of Topliss-reactive ketones (excluding diaryl/α,β-unsaturated/α-hetero) is 2. The van der Waals surface area contributed by atoms with Gasteiger partial charge in [0.1, 0.15) is 5.69 Å². The smallest absolute Gasteiger partial charge is 0.270 e. The Bertz CT molecular complexity index is 890. The zero-order valence-electron chi connectivity index (χ0n) is 15.6. The number of ketones is 2. The Labute approximate surface area is 158 Å². The molecule has 1 amide bonds. The minimum Gasteiger partial charge on any atom is -0.354 e. The molecule has 0 radical (unpaired) electrons. The van der Waals surface area contributed by atoms with Crippen LogP contribution in [0.3, 0.4) is 0 Å². The molecular weight excluding hydrogens is 340 g/mol. The van der Waals surface area contributed by atoms with Crippen molar-refractivity contribution in [1.82, 2.24) is 9.88 Å². The van der Waals surface area contributed by atoms with Crippen LogP contribution in [-0.4, -0.2) is 40.4 Å². The largest absolute Gasteiger partial charge is 0.354 e. The van der Waals surface area contributed by atoms with Crippen molar-refractivity contribution >= 4 is 17.5 Å². The van der Waals surface area contributed by atoms with Gasteiger partial charge in [0.25, 0.3) is 5.91 Å². The highest BCUT2D eigenvalue weighted by Crippen LogP contribution is 2.28. The van der Waals surface area contributed by atoms with Crippen molar-refractivity contribution in [2.75, 3.05) is 13.1 Å². The molecule has 2 aliphatic rings. The summed E-state index contributed by atoms with van der Waals surface area (Å²) in [5, 5.41) is 0. The summed E-state index contributed by atoms with van der Waals surface area (Å²) in [5.74, 6) is 0.215. The van der Waals surface area contributed by atoms with Crippen molar-refractivity contribution in [2.45, 2.75) is 39.0 Å². The standard InChI is InChI=1S/C22H24N2O3/c1-14-19-17(8-5-9-18(19)25)23-20(14)22(27)24-12-10-16(11-13-24)21(26)15-6-3-2-4-7-15/h2-4,6-7,16,23H,5,8-13H2,1H3. The van der Waals surface area contributed by atoms with E-state index in [4.69, 9.17) is 0 Å². The molecule has 0 bridgehead atoms. The van der Waals surface area contributed by atoms with Gasteiger partial charge >= 0.3 is 0 Å². The number of carbonyl (C=O) groups is 3. The first-order valence-electron chi connectivity index (χ1n) is 9.69. The number of aromatic amines is 1. The van der Waals surface area contributed by atoms with Gasteiger partial charge in [-0.25, -0.2) is 0 Å². The van der Waals surface area contributed by atoms with Crippen LogP contribution < -0.4 is 0 Å². The SMILES string of the molecule is Cc1c(C(=O)N2CCC(C(=O)c3ccccc3)CC2)[nH]c2c1C(=O)CCC2. The molecule has 2 aromatic rings. The molecule has 1 aromatic heterocycles. The van der Waals surface area contributed by atoms with E-state index in [-0.39, 0.29) is 23.4 Å². The summed E-state index contributed by atoms with van der Waals surface area (Å²) >= 11 is 0. The Morgan fingerprint density at radius 1 is 1.07 bits per heavy atom. The lowest BCUT2D eigenvalue weighted by molar-refractivity contribution is 0.0645. The average molecular weight is 364 g/mol. The molecule has 5 nitrogen and oxygen atoms in total. The van der Waals surface area contributed by atoms with Gasteiger partial charge in [0.15, 0.2) is 11.6 Å². The van der Waals surface area contributed by atoms with Crippen LogP contribution >= 0.6 is 0 Å². The average Bonchev–Trinajstić information content (AvgIpc) is 3.05. The second-order valence-corrected chi connectivity index (χ2v) is 7.55. The zero-order chi connectivity index (χ0) is 19.0. The number of benzene rings is 1. The van der Waals surface area contributed by atoms with E-state index in [1.54, 1.807) is 0 Å². The highest BCUT2D eigenvalue weighted by Gasteiger charge is 2.32. The molecule has 1 fully saturated rings. The molecule has 0 unspecified atom stereocenters. The molecular formula is C22H24N2O3. The number of nitrogens with zero attached hydrogens (tertiary/aromatic N) is 1. The predicted molar refractivity (Wildman–Crippen MR) is 102 cm³/mol. The van der Waals surface area contributed by atoms with Crippen LogP contribution in [0, 0.1) is 12.8 Å². The first kappa shape index (κ1) is 17.7. The Hall–Kier alpha value is -2.69. The minimum absolute atomic E-state index is 0.0315. The zero-order valence-corrected chi connectivity index (χ0v) is 15.6. The molecule has 1 aliphatic heterocycles. The topological polar surface area (TPSA) is 70.2 Å². The molecule has 0 spiro atoms. The highest BCUT2D eigenvalue weighted by atomic mass is 16.2. The Kier molecular flexibility index (Phi) is 4.68. The molecule has 1 aliphatic carbocycles. The second kappa shape index (κ2) is 7.14. The molecule has 1 saturated heterocycles. The van der Waals surface area contributed by atoms with Crippen molar-refractivity contribution in [3.8, 4) is 0 Å². The minimum atomic E-state index is -0.0553. The van der Waals surface area contributed by atoms with Gasteiger partial charge in [-0.3, -0.25) is 14.4 Å². The number of H-pyrrole nitrogens is 1. The van der Waals surface area contributed by atoms with Gasteiger partial charge in [-0.05, 0) is 38.2 Å². The van der Waals surface area contributed by atoms with Crippen LogP contribution in [0.4, 0.5) is 0 Å². The van der Waals surface area contributed by atoms with Crippen LogP contribution in [0.5, 0.6) is 0 Å². The molecule has 5 heteroatoms. The van der Waals surface area contributed by atoms with Crippen LogP contribution in [0.1, 0.15) is 68.1 Å². The number of aryl methyl sites for hydroxylation is 1. The van der Waals surface area contributed by atoms with Gasteiger partial charge < -0.3 is 9.88 Å². The third-order valence-corrected chi connectivity index (χ3v) is 5.86. The van der Waals surface area contributed by atoms with E-state index in [2.05, 4.69) is 4.98 Å². The molecule has 140 valence electrons. The Balaban J connectivity index is 1.45. The molecule has 4 rings (SSSR count). The van der Waals surface area contributed by atoms with Crippen molar-refractivity contribution in [2.24, 2.45) is 5.92 Å². The molecule has 2 heterocycles. The van der Waals surface area contributed by atoms with Crippen LogP contribution in [0.15, 0.2) is 30.3 Å². The van der Waals surface area contributed by atoms with E-state index in [0.29, 0.717) is 38.0 Å². The van der Waals surface area contributed by atoms with Gasteiger partial charge in [-0.15, -0.1) is 0 Å². The van der Waals surface area contributed by atoms with Crippen molar-refractivity contribution in [1.29, 1.82) is 0 Å². The summed E-state index contributed by atoms with van der Waals surface area (Å²) in [5.41, 5.74) is 3.69. The Morgan fingerprint density at radius 3 is 2.44 bits per heavy atom. The summed E-state index contributed by atoms with van der Waals surface area (Å²) in [6.45, 7) is 3.00. The molecule has 27 heavy (non-hydrogen) atoms. The van der Waals surface area contributed by atoms with Crippen molar-refractivity contribution in [3.63, 3.8) is 0 Å². The number of hydrogen-bond donors (Lipinski definition) is 1. The number of rotatable bonds is 3. The third-order valence-electron chi connectivity index (χ3n) is 5.86. The van der Waals surface area contributed by atoms with Gasteiger partial charge in [0, 0.05) is 42.2 Å². The maximum absolute atomic E-state index is 13.0. The van der Waals surface area contributed by atoms with E-state index in [1.165, 1.54) is 0 Å². The van der Waals surface area contributed by atoms with Crippen molar-refractivity contribution in [3.05, 3.63) is 58.4 Å². The summed E-state index contributed by atoms with van der Waals surface area (Å²) in [6, 6.07) is 9.36. The highest BCUT2D eigenvalue weighted by molar-refractivity contribution is 6.04. The van der Waals surface area contributed by atoms with Crippen LogP contribution in [0.25, 0.3) is 0 Å². The van der Waals surface area contributed by atoms with Crippen LogP contribution in [0.2, 0.25) is 0 Å². The summed E-state index contributed by atoms with van der Waals surface area (Å²) in [6.07, 6.45) is 3.58. The lowest BCUT2D eigenvalue weighted by atomic mass is 9.88.